The topological polar surface area (TPSA) is 20.2 Å². The summed E-state index contributed by atoms with van der Waals surface area (Å²) in [5, 5.41) is 9.55. The van der Waals surface area contributed by atoms with Crippen LogP contribution in [0.2, 0.25) is 0 Å². The highest BCUT2D eigenvalue weighted by atomic mass is 16.3. The number of benzene rings is 1. The summed E-state index contributed by atoms with van der Waals surface area (Å²) in [7, 11) is 0. The maximum Gasteiger partial charge on any atom is 0.116 e. The number of hydrogen-bond donors (Lipinski definition) is 1. The second-order valence-electron chi connectivity index (χ2n) is 4.57. The van der Waals surface area contributed by atoms with Crippen LogP contribution in [-0.2, 0) is 0 Å². The largest absolute Gasteiger partial charge is 0.508 e. The van der Waals surface area contributed by atoms with E-state index in [9.17, 15) is 5.11 Å². The van der Waals surface area contributed by atoms with Crippen molar-refractivity contribution in [2.75, 3.05) is 0 Å². The minimum Gasteiger partial charge on any atom is -0.508 e. The van der Waals surface area contributed by atoms with Gasteiger partial charge in [-0.05, 0) is 47.6 Å². The molecular weight excluding hydrogens is 172 g/mol. The molecule has 0 radical (unpaired) electrons. The normalized spacial score (nSPS) is 11.4. The van der Waals surface area contributed by atoms with Crippen LogP contribution in [0.1, 0.15) is 56.2 Å². The summed E-state index contributed by atoms with van der Waals surface area (Å²) in [6.07, 6.45) is 0. The van der Waals surface area contributed by atoms with E-state index in [1.165, 1.54) is 16.7 Å². The van der Waals surface area contributed by atoms with Crippen molar-refractivity contribution in [2.45, 2.75) is 46.5 Å². The fourth-order valence-corrected chi connectivity index (χ4v) is 2.07. The van der Waals surface area contributed by atoms with Crippen LogP contribution in [0.25, 0.3) is 0 Å². The molecule has 1 rings (SSSR count). The highest BCUT2D eigenvalue weighted by Crippen LogP contribution is 2.32. The van der Waals surface area contributed by atoms with Gasteiger partial charge in [-0.1, -0.05) is 27.7 Å². The summed E-state index contributed by atoms with van der Waals surface area (Å²) in [4.78, 5) is 0. The lowest BCUT2D eigenvalue weighted by Gasteiger charge is -2.19. The zero-order valence-corrected chi connectivity index (χ0v) is 9.76. The van der Waals surface area contributed by atoms with Crippen molar-refractivity contribution >= 4 is 0 Å². The van der Waals surface area contributed by atoms with Crippen LogP contribution in [0.15, 0.2) is 12.1 Å². The summed E-state index contributed by atoms with van der Waals surface area (Å²) in [5.74, 6) is 1.38. The van der Waals surface area contributed by atoms with Crippen LogP contribution in [0.3, 0.4) is 0 Å². The van der Waals surface area contributed by atoms with E-state index in [-0.39, 0.29) is 0 Å². The molecule has 1 aromatic carbocycles. The lowest BCUT2D eigenvalue weighted by molar-refractivity contribution is 0.473. The van der Waals surface area contributed by atoms with E-state index >= 15 is 0 Å². The van der Waals surface area contributed by atoms with Gasteiger partial charge in [0, 0.05) is 0 Å². The van der Waals surface area contributed by atoms with Crippen LogP contribution >= 0.6 is 0 Å². The zero-order valence-electron chi connectivity index (χ0n) is 9.76. The van der Waals surface area contributed by atoms with Crippen molar-refractivity contribution in [3.05, 3.63) is 28.8 Å². The Labute approximate surface area is 86.8 Å². The van der Waals surface area contributed by atoms with Crippen LogP contribution in [-0.4, -0.2) is 5.11 Å². The first-order valence-electron chi connectivity index (χ1n) is 5.27. The minimum absolute atomic E-state index is 0.385. The molecule has 0 spiro atoms. The molecule has 1 heteroatoms. The van der Waals surface area contributed by atoms with Gasteiger partial charge in [-0.25, -0.2) is 0 Å². The number of aryl methyl sites for hydroxylation is 1. The van der Waals surface area contributed by atoms with E-state index in [1.54, 1.807) is 0 Å². The number of hydrogen-bond acceptors (Lipinski definition) is 1. The van der Waals surface area contributed by atoms with Gasteiger partial charge in [0.15, 0.2) is 0 Å². The highest BCUT2D eigenvalue weighted by Gasteiger charge is 2.13. The van der Waals surface area contributed by atoms with E-state index in [1.807, 2.05) is 12.1 Å². The molecule has 0 aliphatic heterocycles. The first-order chi connectivity index (χ1) is 6.43. The van der Waals surface area contributed by atoms with Gasteiger partial charge in [0.1, 0.15) is 5.75 Å². The van der Waals surface area contributed by atoms with Crippen molar-refractivity contribution in [3.8, 4) is 5.75 Å². The van der Waals surface area contributed by atoms with Gasteiger partial charge in [0.25, 0.3) is 0 Å². The second kappa shape index (κ2) is 4.04. The minimum atomic E-state index is 0.385. The van der Waals surface area contributed by atoms with Crippen LogP contribution < -0.4 is 0 Å². The van der Waals surface area contributed by atoms with Crippen molar-refractivity contribution in [1.29, 1.82) is 0 Å². The Balaban J connectivity index is 3.37. The molecule has 0 saturated heterocycles. The molecule has 0 bridgehead atoms. The lowest BCUT2D eigenvalue weighted by atomic mass is 9.87. The predicted octanol–water partition coefficient (Wildman–Crippen LogP) is 3.95. The monoisotopic (exact) mass is 192 g/mol. The van der Waals surface area contributed by atoms with Crippen LogP contribution in [0.5, 0.6) is 5.75 Å². The molecular formula is C13H20O. The molecule has 1 nitrogen and oxygen atoms in total. The quantitative estimate of drug-likeness (QED) is 0.752. The molecule has 0 amide bonds. The molecule has 0 heterocycles. The van der Waals surface area contributed by atoms with Crippen molar-refractivity contribution in [3.63, 3.8) is 0 Å². The van der Waals surface area contributed by atoms with Gasteiger partial charge >= 0.3 is 0 Å². The maximum absolute atomic E-state index is 9.55. The van der Waals surface area contributed by atoms with Gasteiger partial charge < -0.3 is 5.11 Å². The Morgan fingerprint density at radius 2 is 1.57 bits per heavy atom. The summed E-state index contributed by atoms with van der Waals surface area (Å²) < 4.78 is 0. The standard InChI is InChI=1S/C13H20O/c1-8(2)12-7-11(14)6-10(5)13(12)9(3)4/h6-9,14H,1-5H3. The van der Waals surface area contributed by atoms with Crippen molar-refractivity contribution < 1.29 is 5.11 Å². The first-order valence-corrected chi connectivity index (χ1v) is 5.27. The number of phenols is 1. The van der Waals surface area contributed by atoms with Gasteiger partial charge in [-0.2, -0.15) is 0 Å². The fourth-order valence-electron chi connectivity index (χ4n) is 2.07. The highest BCUT2D eigenvalue weighted by molar-refractivity contribution is 5.44. The van der Waals surface area contributed by atoms with E-state index < -0.39 is 0 Å². The molecule has 0 aliphatic rings. The molecule has 1 N–H and O–H groups in total. The summed E-state index contributed by atoms with van der Waals surface area (Å²) in [6.45, 7) is 10.8. The van der Waals surface area contributed by atoms with Crippen molar-refractivity contribution in [2.24, 2.45) is 0 Å². The first kappa shape index (κ1) is 11.1. The lowest BCUT2D eigenvalue weighted by Crippen LogP contribution is -2.01. The van der Waals surface area contributed by atoms with Gasteiger partial charge in [0.2, 0.25) is 0 Å². The third-order valence-corrected chi connectivity index (χ3v) is 2.60. The van der Waals surface area contributed by atoms with Crippen molar-refractivity contribution in [1.82, 2.24) is 0 Å². The van der Waals surface area contributed by atoms with E-state index in [0.29, 0.717) is 17.6 Å². The van der Waals surface area contributed by atoms with E-state index in [4.69, 9.17) is 0 Å². The summed E-state index contributed by atoms with van der Waals surface area (Å²) >= 11 is 0. The predicted molar refractivity (Wildman–Crippen MR) is 61.0 cm³/mol. The Bertz CT molecular complexity index is 324. The number of phenolic OH excluding ortho intramolecular Hbond substituents is 1. The van der Waals surface area contributed by atoms with E-state index in [0.717, 1.165) is 0 Å². The Kier molecular flexibility index (Phi) is 3.20. The van der Waals surface area contributed by atoms with Gasteiger partial charge in [-0.15, -0.1) is 0 Å². The fraction of sp³-hybridized carbons (Fsp3) is 0.538. The molecule has 0 atom stereocenters. The van der Waals surface area contributed by atoms with Gasteiger partial charge in [0.05, 0.1) is 0 Å². The second-order valence-corrected chi connectivity index (χ2v) is 4.57. The Morgan fingerprint density at radius 1 is 1.00 bits per heavy atom. The molecule has 78 valence electrons. The van der Waals surface area contributed by atoms with Gasteiger partial charge in [-0.3, -0.25) is 0 Å². The average Bonchev–Trinajstić information content (AvgIpc) is 2.01. The van der Waals surface area contributed by atoms with Crippen LogP contribution in [0.4, 0.5) is 0 Å². The number of rotatable bonds is 2. The molecule has 14 heavy (non-hydrogen) atoms. The Morgan fingerprint density at radius 3 is 2.00 bits per heavy atom. The molecule has 0 unspecified atom stereocenters. The maximum atomic E-state index is 9.55. The number of aromatic hydroxyl groups is 1. The third-order valence-electron chi connectivity index (χ3n) is 2.60. The summed E-state index contributed by atoms with van der Waals surface area (Å²) in [6, 6.07) is 3.74. The molecule has 0 aromatic heterocycles. The smallest absolute Gasteiger partial charge is 0.116 e. The molecule has 1 aromatic rings. The molecule has 0 fully saturated rings. The average molecular weight is 192 g/mol. The van der Waals surface area contributed by atoms with Crippen LogP contribution in [0, 0.1) is 6.92 Å². The molecule has 0 aliphatic carbocycles. The SMILES string of the molecule is Cc1cc(O)cc(C(C)C)c1C(C)C. The molecule has 0 saturated carbocycles. The van der Waals surface area contributed by atoms with E-state index in [2.05, 4.69) is 34.6 Å². The summed E-state index contributed by atoms with van der Waals surface area (Å²) in [5.41, 5.74) is 3.86. The third kappa shape index (κ3) is 2.09. The zero-order chi connectivity index (χ0) is 10.9. The Hall–Kier alpha value is -0.980.